The van der Waals surface area contributed by atoms with Gasteiger partial charge in [-0.05, 0) is 25.0 Å². The van der Waals surface area contributed by atoms with Crippen LogP contribution in [0.5, 0.6) is 5.88 Å². The van der Waals surface area contributed by atoms with Gasteiger partial charge in [-0.2, -0.15) is 0 Å². The summed E-state index contributed by atoms with van der Waals surface area (Å²) < 4.78 is 5.03. The van der Waals surface area contributed by atoms with Crippen LogP contribution in [0.4, 0.5) is 0 Å². The van der Waals surface area contributed by atoms with Crippen LogP contribution in [0.3, 0.4) is 0 Å². The number of hydrogen-bond acceptors (Lipinski definition) is 4. The Morgan fingerprint density at radius 1 is 1.62 bits per heavy atom. The second kappa shape index (κ2) is 5.46. The lowest BCUT2D eigenvalue weighted by molar-refractivity contribution is -0.137. The largest absolute Gasteiger partial charge is 0.481 e. The van der Waals surface area contributed by atoms with Crippen molar-refractivity contribution in [3.63, 3.8) is 0 Å². The van der Waals surface area contributed by atoms with E-state index < -0.39 is 5.97 Å². The Morgan fingerprint density at radius 2 is 2.31 bits per heavy atom. The summed E-state index contributed by atoms with van der Waals surface area (Å²) in [6.45, 7) is 1.84. The molecular weight excluding hydrogens is 208 g/mol. The minimum Gasteiger partial charge on any atom is -0.481 e. The van der Waals surface area contributed by atoms with E-state index in [0.717, 1.165) is 11.3 Å². The van der Waals surface area contributed by atoms with Crippen LogP contribution in [0.25, 0.3) is 0 Å². The average molecular weight is 224 g/mol. The summed E-state index contributed by atoms with van der Waals surface area (Å²) in [5.41, 5.74) is 7.55. The maximum atomic E-state index is 10.4. The molecule has 1 aromatic heterocycles. The topological polar surface area (TPSA) is 85.4 Å². The number of nitrogens with two attached hydrogens (primary N) is 1. The van der Waals surface area contributed by atoms with Crippen molar-refractivity contribution in [1.82, 2.24) is 4.98 Å². The molecule has 3 N–H and O–H groups in total. The van der Waals surface area contributed by atoms with Crippen molar-refractivity contribution < 1.29 is 14.6 Å². The second-order valence-corrected chi connectivity index (χ2v) is 3.62. The van der Waals surface area contributed by atoms with Crippen molar-refractivity contribution in [3.8, 4) is 5.88 Å². The van der Waals surface area contributed by atoms with Gasteiger partial charge in [0.1, 0.15) is 0 Å². The number of nitrogens with zero attached hydrogens (tertiary/aromatic N) is 1. The molecule has 5 heteroatoms. The fraction of sp³-hybridized carbons (Fsp3) is 0.455. The second-order valence-electron chi connectivity index (χ2n) is 3.62. The highest BCUT2D eigenvalue weighted by Crippen LogP contribution is 2.20. The van der Waals surface area contributed by atoms with E-state index in [-0.39, 0.29) is 12.5 Å². The molecule has 16 heavy (non-hydrogen) atoms. The van der Waals surface area contributed by atoms with E-state index in [1.165, 1.54) is 7.11 Å². The maximum absolute atomic E-state index is 10.4. The first kappa shape index (κ1) is 12.4. The van der Waals surface area contributed by atoms with Crippen LogP contribution in [-0.4, -0.2) is 23.2 Å². The number of pyridine rings is 1. The quantitative estimate of drug-likeness (QED) is 0.786. The number of carbonyl (C=O) groups is 1. The van der Waals surface area contributed by atoms with Gasteiger partial charge in [0.05, 0.1) is 7.11 Å². The molecule has 0 spiro atoms. The van der Waals surface area contributed by atoms with Crippen molar-refractivity contribution in [1.29, 1.82) is 0 Å². The number of aliphatic carboxylic acids is 1. The Hall–Kier alpha value is -1.62. The van der Waals surface area contributed by atoms with Crippen LogP contribution < -0.4 is 10.5 Å². The van der Waals surface area contributed by atoms with Crippen molar-refractivity contribution >= 4 is 5.97 Å². The highest BCUT2D eigenvalue weighted by atomic mass is 16.5. The minimum absolute atomic E-state index is 0.0604. The van der Waals surface area contributed by atoms with Crippen LogP contribution >= 0.6 is 0 Å². The maximum Gasteiger partial charge on any atom is 0.303 e. The summed E-state index contributed by atoms with van der Waals surface area (Å²) in [7, 11) is 1.54. The molecule has 0 saturated carbocycles. The van der Waals surface area contributed by atoms with Gasteiger partial charge in [-0.1, -0.05) is 0 Å². The van der Waals surface area contributed by atoms with E-state index in [4.69, 9.17) is 15.6 Å². The Labute approximate surface area is 94.2 Å². The van der Waals surface area contributed by atoms with E-state index in [1.54, 1.807) is 6.07 Å². The molecule has 88 valence electrons. The molecule has 5 nitrogen and oxygen atoms in total. The summed E-state index contributed by atoms with van der Waals surface area (Å²) in [5, 5.41) is 8.57. The molecule has 0 radical (unpaired) electrons. The van der Waals surface area contributed by atoms with E-state index in [9.17, 15) is 4.79 Å². The molecule has 1 rings (SSSR count). The highest BCUT2D eigenvalue weighted by Gasteiger charge is 2.10. The standard InChI is InChI=1S/C11H16N2O3/c1-7-5-8(6-10(13-7)16-2)9(12)3-4-11(14)15/h5-6,9H,3-4,12H2,1-2H3,(H,14,15). The first-order chi connectivity index (χ1) is 7.52. The summed E-state index contributed by atoms with van der Waals surface area (Å²) in [5.74, 6) is -0.339. The SMILES string of the molecule is COc1cc(C(N)CCC(=O)O)cc(C)n1. The Morgan fingerprint density at radius 3 is 2.88 bits per heavy atom. The number of aromatic nitrogens is 1. The third-order valence-corrected chi connectivity index (χ3v) is 2.26. The van der Waals surface area contributed by atoms with E-state index in [0.29, 0.717) is 12.3 Å². The first-order valence-electron chi connectivity index (χ1n) is 5.03. The predicted molar refractivity (Wildman–Crippen MR) is 59.3 cm³/mol. The van der Waals surface area contributed by atoms with Gasteiger partial charge in [-0.15, -0.1) is 0 Å². The zero-order valence-electron chi connectivity index (χ0n) is 9.43. The van der Waals surface area contributed by atoms with Crippen LogP contribution in [-0.2, 0) is 4.79 Å². The van der Waals surface area contributed by atoms with Gasteiger partial charge >= 0.3 is 5.97 Å². The number of ether oxygens (including phenoxy) is 1. The van der Waals surface area contributed by atoms with Gasteiger partial charge in [0.15, 0.2) is 0 Å². The Bertz CT molecular complexity index is 379. The third-order valence-electron chi connectivity index (χ3n) is 2.26. The van der Waals surface area contributed by atoms with Crippen molar-refractivity contribution in [2.24, 2.45) is 5.73 Å². The lowest BCUT2D eigenvalue weighted by atomic mass is 10.0. The summed E-state index contributed by atoms with van der Waals surface area (Å²) in [6.07, 6.45) is 0.465. The van der Waals surface area contributed by atoms with Crippen LogP contribution in [0, 0.1) is 6.92 Å². The monoisotopic (exact) mass is 224 g/mol. The molecule has 1 heterocycles. The lowest BCUT2D eigenvalue weighted by Crippen LogP contribution is -2.13. The molecule has 1 unspecified atom stereocenters. The minimum atomic E-state index is -0.840. The number of aryl methyl sites for hydroxylation is 1. The molecule has 1 aromatic rings. The molecular formula is C11H16N2O3. The van der Waals surface area contributed by atoms with Crippen LogP contribution in [0.2, 0.25) is 0 Å². The predicted octanol–water partition coefficient (Wildman–Crippen LogP) is 1.26. The fourth-order valence-corrected chi connectivity index (χ4v) is 1.43. The normalized spacial score (nSPS) is 12.2. The summed E-state index contributed by atoms with van der Waals surface area (Å²) in [4.78, 5) is 14.6. The smallest absolute Gasteiger partial charge is 0.303 e. The summed E-state index contributed by atoms with van der Waals surface area (Å²) in [6, 6.07) is 3.28. The van der Waals surface area contributed by atoms with Gasteiger partial charge in [0.25, 0.3) is 0 Å². The number of carboxylic acid groups (broad SMARTS) is 1. The molecule has 1 atom stereocenters. The lowest BCUT2D eigenvalue weighted by Gasteiger charge is -2.12. The molecule has 0 aromatic carbocycles. The number of carboxylic acids is 1. The van der Waals surface area contributed by atoms with Gasteiger partial charge < -0.3 is 15.6 Å². The third kappa shape index (κ3) is 3.51. The first-order valence-corrected chi connectivity index (χ1v) is 5.03. The van der Waals surface area contributed by atoms with Crippen molar-refractivity contribution in [3.05, 3.63) is 23.4 Å². The van der Waals surface area contributed by atoms with E-state index >= 15 is 0 Å². The molecule has 0 aliphatic heterocycles. The van der Waals surface area contributed by atoms with Crippen LogP contribution in [0.15, 0.2) is 12.1 Å². The molecule has 0 fully saturated rings. The number of rotatable bonds is 5. The Balaban J connectivity index is 2.77. The number of methoxy groups -OCH3 is 1. The van der Waals surface area contributed by atoms with Gasteiger partial charge in [-0.25, -0.2) is 4.98 Å². The van der Waals surface area contributed by atoms with Gasteiger partial charge in [0, 0.05) is 24.2 Å². The molecule has 0 bridgehead atoms. The van der Waals surface area contributed by atoms with Crippen molar-refractivity contribution in [2.45, 2.75) is 25.8 Å². The molecule has 0 saturated heterocycles. The molecule has 0 aliphatic carbocycles. The van der Waals surface area contributed by atoms with E-state index in [2.05, 4.69) is 4.98 Å². The zero-order valence-corrected chi connectivity index (χ0v) is 9.43. The summed E-state index contributed by atoms with van der Waals surface area (Å²) >= 11 is 0. The fourth-order valence-electron chi connectivity index (χ4n) is 1.43. The van der Waals surface area contributed by atoms with E-state index in [1.807, 2.05) is 13.0 Å². The van der Waals surface area contributed by atoms with Crippen LogP contribution in [0.1, 0.15) is 30.1 Å². The average Bonchev–Trinajstić information content (AvgIpc) is 2.24. The highest BCUT2D eigenvalue weighted by molar-refractivity contribution is 5.66. The zero-order chi connectivity index (χ0) is 12.1. The number of hydrogen-bond donors (Lipinski definition) is 2. The van der Waals surface area contributed by atoms with Gasteiger partial charge in [0.2, 0.25) is 5.88 Å². The van der Waals surface area contributed by atoms with Crippen molar-refractivity contribution in [2.75, 3.05) is 7.11 Å². The molecule has 0 aliphatic rings. The Kier molecular flexibility index (Phi) is 4.25. The molecule has 0 amide bonds. The van der Waals surface area contributed by atoms with Gasteiger partial charge in [-0.3, -0.25) is 4.79 Å².